The summed E-state index contributed by atoms with van der Waals surface area (Å²) >= 11 is 0. The van der Waals surface area contributed by atoms with Crippen LogP contribution in [0.3, 0.4) is 0 Å². The van der Waals surface area contributed by atoms with Gasteiger partial charge in [0.1, 0.15) is 6.10 Å². The molecule has 1 saturated heterocycles. The predicted octanol–water partition coefficient (Wildman–Crippen LogP) is 3.61. The van der Waals surface area contributed by atoms with Crippen LogP contribution in [0, 0.1) is 6.92 Å². The molecule has 1 unspecified atom stereocenters. The number of ether oxygens (including phenoxy) is 2. The van der Waals surface area contributed by atoms with Crippen molar-refractivity contribution >= 4 is 5.57 Å². The van der Waals surface area contributed by atoms with Crippen LogP contribution in [-0.2, 0) is 6.54 Å². The van der Waals surface area contributed by atoms with Gasteiger partial charge in [-0.1, -0.05) is 13.3 Å². The third-order valence-corrected chi connectivity index (χ3v) is 6.75. The van der Waals surface area contributed by atoms with Gasteiger partial charge in [0.2, 0.25) is 0 Å². The minimum absolute atomic E-state index is 0.0383. The second-order valence-electron chi connectivity index (χ2n) is 8.73. The number of nitrogens with zero attached hydrogens (tertiary/aromatic N) is 2. The first kappa shape index (κ1) is 20.7. The average molecular weight is 401 g/mol. The van der Waals surface area contributed by atoms with Crippen molar-refractivity contribution in [3.05, 3.63) is 28.8 Å². The lowest BCUT2D eigenvalue weighted by Crippen LogP contribution is -2.33. The van der Waals surface area contributed by atoms with Crippen LogP contribution in [0.25, 0.3) is 5.57 Å². The maximum absolute atomic E-state index is 10.1. The van der Waals surface area contributed by atoms with Crippen molar-refractivity contribution in [2.75, 3.05) is 39.8 Å². The molecule has 5 nitrogen and oxygen atoms in total. The number of benzene rings is 1. The van der Waals surface area contributed by atoms with Gasteiger partial charge in [0.15, 0.2) is 11.5 Å². The number of aliphatic hydroxyl groups is 1. The number of methoxy groups -OCH3 is 1. The summed E-state index contributed by atoms with van der Waals surface area (Å²) in [5, 5.41) is 10.1. The normalized spacial score (nSPS) is 23.7. The predicted molar refractivity (Wildman–Crippen MR) is 117 cm³/mol. The Morgan fingerprint density at radius 3 is 2.79 bits per heavy atom. The lowest BCUT2D eigenvalue weighted by atomic mass is 9.94. The van der Waals surface area contributed by atoms with Crippen molar-refractivity contribution in [3.63, 3.8) is 0 Å². The molecule has 2 atom stereocenters. The van der Waals surface area contributed by atoms with Crippen LogP contribution in [0.15, 0.2) is 12.1 Å². The van der Waals surface area contributed by atoms with Gasteiger partial charge in [0, 0.05) is 24.1 Å². The van der Waals surface area contributed by atoms with Crippen LogP contribution in [-0.4, -0.2) is 66.9 Å². The molecule has 0 spiro atoms. The van der Waals surface area contributed by atoms with Gasteiger partial charge >= 0.3 is 0 Å². The second kappa shape index (κ2) is 9.07. The minimum atomic E-state index is -0.408. The summed E-state index contributed by atoms with van der Waals surface area (Å²) in [5.41, 5.74) is 4.87. The number of aryl methyl sites for hydroxylation is 1. The summed E-state index contributed by atoms with van der Waals surface area (Å²) in [6, 6.07) is 2.10. The molecular formula is C24H36N2O3. The minimum Gasteiger partial charge on any atom is -0.493 e. The van der Waals surface area contributed by atoms with Crippen LogP contribution in [0.1, 0.15) is 55.7 Å². The zero-order chi connectivity index (χ0) is 20.4. The topological polar surface area (TPSA) is 45.2 Å². The Morgan fingerprint density at radius 1 is 1.28 bits per heavy atom. The molecule has 1 N–H and O–H groups in total. The third kappa shape index (κ3) is 4.32. The molecule has 1 aromatic rings. The van der Waals surface area contributed by atoms with Crippen molar-refractivity contribution in [2.24, 2.45) is 0 Å². The molecule has 5 heteroatoms. The van der Waals surface area contributed by atoms with E-state index in [0.29, 0.717) is 6.42 Å². The summed E-state index contributed by atoms with van der Waals surface area (Å²) < 4.78 is 11.8. The first-order chi connectivity index (χ1) is 14.1. The molecule has 1 aliphatic carbocycles. The number of hydrogen-bond acceptors (Lipinski definition) is 5. The highest BCUT2D eigenvalue weighted by atomic mass is 16.5. The smallest absolute Gasteiger partial charge is 0.170 e. The lowest BCUT2D eigenvalue weighted by molar-refractivity contribution is 0.169. The molecule has 1 aromatic carbocycles. The molecule has 160 valence electrons. The van der Waals surface area contributed by atoms with Gasteiger partial charge in [0.25, 0.3) is 0 Å². The van der Waals surface area contributed by atoms with Crippen LogP contribution >= 0.6 is 0 Å². The molecule has 2 aliphatic heterocycles. The van der Waals surface area contributed by atoms with E-state index >= 15 is 0 Å². The molecule has 0 amide bonds. The maximum atomic E-state index is 10.1. The molecule has 0 radical (unpaired) electrons. The molecule has 1 fully saturated rings. The number of aliphatic hydroxyl groups excluding tert-OH is 1. The van der Waals surface area contributed by atoms with Gasteiger partial charge in [-0.2, -0.15) is 0 Å². The van der Waals surface area contributed by atoms with E-state index in [-0.39, 0.29) is 6.10 Å². The van der Waals surface area contributed by atoms with Gasteiger partial charge in [-0.05, 0) is 82.2 Å². The number of rotatable bonds is 8. The SMILES string of the molecule is CCN(CCCN1CCCCC1)Cc1c(C)cc(OC)c2c1C1=C[C@H](O)CC1O2. The van der Waals surface area contributed by atoms with E-state index in [1.54, 1.807) is 7.11 Å². The summed E-state index contributed by atoms with van der Waals surface area (Å²) in [5.74, 6) is 1.67. The highest BCUT2D eigenvalue weighted by molar-refractivity contribution is 5.84. The van der Waals surface area contributed by atoms with Crippen molar-refractivity contribution in [2.45, 2.75) is 64.7 Å². The Balaban J connectivity index is 1.50. The second-order valence-corrected chi connectivity index (χ2v) is 8.73. The fraction of sp³-hybridized carbons (Fsp3) is 0.667. The first-order valence-electron chi connectivity index (χ1n) is 11.3. The van der Waals surface area contributed by atoms with Crippen LogP contribution < -0.4 is 9.47 Å². The molecule has 4 rings (SSSR count). The van der Waals surface area contributed by atoms with Crippen LogP contribution in [0.5, 0.6) is 11.5 Å². The average Bonchev–Trinajstić information content (AvgIpc) is 3.25. The Hall–Kier alpha value is -1.56. The van der Waals surface area contributed by atoms with Crippen molar-refractivity contribution in [1.29, 1.82) is 0 Å². The number of likely N-dealkylation sites (tertiary alicyclic amines) is 1. The lowest BCUT2D eigenvalue weighted by Gasteiger charge is -2.28. The van der Waals surface area contributed by atoms with Gasteiger partial charge in [-0.25, -0.2) is 0 Å². The van der Waals surface area contributed by atoms with Gasteiger partial charge in [0.05, 0.1) is 13.2 Å². The van der Waals surface area contributed by atoms with E-state index < -0.39 is 6.10 Å². The van der Waals surface area contributed by atoms with E-state index in [9.17, 15) is 5.11 Å². The van der Waals surface area contributed by atoms with Gasteiger partial charge in [-0.3, -0.25) is 4.90 Å². The monoisotopic (exact) mass is 400 g/mol. The summed E-state index contributed by atoms with van der Waals surface area (Å²) in [6.45, 7) is 11.2. The Kier molecular flexibility index (Phi) is 6.47. The summed E-state index contributed by atoms with van der Waals surface area (Å²) in [6.07, 6.45) is 7.50. The number of piperidine rings is 1. The molecule has 29 heavy (non-hydrogen) atoms. The van der Waals surface area contributed by atoms with Crippen molar-refractivity contribution < 1.29 is 14.6 Å². The molecule has 3 aliphatic rings. The molecule has 0 aromatic heterocycles. The van der Waals surface area contributed by atoms with E-state index in [0.717, 1.165) is 42.3 Å². The quantitative estimate of drug-likeness (QED) is 0.722. The Labute approximate surface area is 175 Å². The molecular weight excluding hydrogens is 364 g/mol. The zero-order valence-corrected chi connectivity index (χ0v) is 18.2. The largest absolute Gasteiger partial charge is 0.493 e. The van der Waals surface area contributed by atoms with Gasteiger partial charge < -0.3 is 19.5 Å². The highest BCUT2D eigenvalue weighted by Gasteiger charge is 2.39. The fourth-order valence-corrected chi connectivity index (χ4v) is 5.09. The molecule has 2 heterocycles. The fourth-order valence-electron chi connectivity index (χ4n) is 5.09. The van der Waals surface area contributed by atoms with E-state index in [1.807, 2.05) is 6.08 Å². The number of hydrogen-bond donors (Lipinski definition) is 1. The highest BCUT2D eigenvalue weighted by Crippen LogP contribution is 2.50. The Morgan fingerprint density at radius 2 is 2.07 bits per heavy atom. The Bertz CT molecular complexity index is 755. The zero-order valence-electron chi connectivity index (χ0n) is 18.2. The maximum Gasteiger partial charge on any atom is 0.170 e. The summed E-state index contributed by atoms with van der Waals surface area (Å²) in [7, 11) is 1.70. The molecule has 0 bridgehead atoms. The molecule has 0 saturated carbocycles. The first-order valence-corrected chi connectivity index (χ1v) is 11.3. The van der Waals surface area contributed by atoms with Crippen LogP contribution in [0.2, 0.25) is 0 Å². The van der Waals surface area contributed by atoms with Crippen molar-refractivity contribution in [3.8, 4) is 11.5 Å². The van der Waals surface area contributed by atoms with E-state index in [1.165, 1.54) is 56.4 Å². The van der Waals surface area contributed by atoms with E-state index in [4.69, 9.17) is 9.47 Å². The number of fused-ring (bicyclic) bond motifs is 3. The standard InChI is InChI=1S/C24H36N2O3/c1-4-25(11-8-12-26-9-6-5-7-10-26)16-20-17(2)13-22(28-3)24-23(20)19-14-18(27)15-21(19)29-24/h13-14,18,21,27H,4-12,15-16H2,1-3H3/t18-,21?/m0/s1. The van der Waals surface area contributed by atoms with E-state index in [2.05, 4.69) is 29.7 Å². The van der Waals surface area contributed by atoms with Crippen LogP contribution in [0.4, 0.5) is 0 Å². The third-order valence-electron chi connectivity index (χ3n) is 6.75. The summed E-state index contributed by atoms with van der Waals surface area (Å²) in [4.78, 5) is 5.16. The van der Waals surface area contributed by atoms with Crippen molar-refractivity contribution in [1.82, 2.24) is 9.80 Å². The van der Waals surface area contributed by atoms with Gasteiger partial charge in [-0.15, -0.1) is 0 Å².